The molecule has 1 aromatic carbocycles. The van der Waals surface area contributed by atoms with E-state index < -0.39 is 0 Å². The first kappa shape index (κ1) is 9.69. The number of nitrogens with zero attached hydrogens (tertiary/aromatic N) is 1. The van der Waals surface area contributed by atoms with E-state index in [1.807, 2.05) is 0 Å². The molecule has 1 aliphatic heterocycles. The normalized spacial score (nSPS) is 20.9. The van der Waals surface area contributed by atoms with Crippen LogP contribution in [-0.4, -0.2) is 25.5 Å². The lowest BCUT2D eigenvalue weighted by Crippen LogP contribution is -2.34. The Morgan fingerprint density at radius 1 is 1.43 bits per heavy atom. The molecule has 1 fully saturated rings. The topological polar surface area (TPSA) is 15.3 Å². The fourth-order valence-corrected chi connectivity index (χ4v) is 1.85. The van der Waals surface area contributed by atoms with Gasteiger partial charge in [-0.3, -0.25) is 0 Å². The lowest BCUT2D eigenvalue weighted by atomic mass is 9.96. The van der Waals surface area contributed by atoms with E-state index in [1.165, 1.54) is 24.1 Å². The van der Waals surface area contributed by atoms with Gasteiger partial charge in [0.2, 0.25) is 0 Å². The van der Waals surface area contributed by atoms with E-state index in [4.69, 9.17) is 0 Å². The monoisotopic (exact) mass is 190 g/mol. The zero-order valence-electron chi connectivity index (χ0n) is 8.96. The maximum Gasteiger partial charge on any atom is 0.0332 e. The zero-order valence-corrected chi connectivity index (χ0v) is 8.96. The van der Waals surface area contributed by atoms with Crippen molar-refractivity contribution in [1.82, 2.24) is 10.2 Å². The SMILES string of the molecule is CN(C)Cc1cccc(C2CCN2)c1. The second-order valence-corrected chi connectivity index (χ2v) is 4.28. The molecule has 1 aromatic rings. The number of benzene rings is 1. The number of nitrogens with one attached hydrogen (secondary N) is 1. The van der Waals surface area contributed by atoms with Crippen LogP contribution in [0.25, 0.3) is 0 Å². The van der Waals surface area contributed by atoms with E-state index >= 15 is 0 Å². The molecule has 0 spiro atoms. The third-order valence-electron chi connectivity index (χ3n) is 2.68. The van der Waals surface area contributed by atoms with Crippen molar-refractivity contribution in [2.45, 2.75) is 19.0 Å². The molecule has 2 nitrogen and oxygen atoms in total. The third kappa shape index (κ3) is 2.14. The van der Waals surface area contributed by atoms with Gasteiger partial charge in [-0.05, 0) is 38.2 Å². The molecule has 0 bridgehead atoms. The molecule has 1 saturated heterocycles. The summed E-state index contributed by atoms with van der Waals surface area (Å²) in [5.41, 5.74) is 2.84. The lowest BCUT2D eigenvalue weighted by molar-refractivity contribution is 0.380. The number of hydrogen-bond acceptors (Lipinski definition) is 2. The molecule has 1 unspecified atom stereocenters. The third-order valence-corrected chi connectivity index (χ3v) is 2.68. The van der Waals surface area contributed by atoms with Gasteiger partial charge in [0.1, 0.15) is 0 Å². The van der Waals surface area contributed by atoms with Crippen LogP contribution in [0.1, 0.15) is 23.6 Å². The van der Waals surface area contributed by atoms with Crippen molar-refractivity contribution in [3.63, 3.8) is 0 Å². The molecule has 1 heterocycles. The summed E-state index contributed by atoms with van der Waals surface area (Å²) < 4.78 is 0. The Bertz CT molecular complexity index is 303. The average Bonchev–Trinajstić information content (AvgIpc) is 1.99. The van der Waals surface area contributed by atoms with Crippen LogP contribution in [0.3, 0.4) is 0 Å². The van der Waals surface area contributed by atoms with E-state index in [0.717, 1.165) is 6.54 Å². The summed E-state index contributed by atoms with van der Waals surface area (Å²) in [7, 11) is 4.21. The van der Waals surface area contributed by atoms with Gasteiger partial charge in [0.15, 0.2) is 0 Å². The molecule has 76 valence electrons. The summed E-state index contributed by atoms with van der Waals surface area (Å²) in [5, 5.41) is 3.43. The molecule has 0 aliphatic carbocycles. The van der Waals surface area contributed by atoms with Crippen LogP contribution in [0.5, 0.6) is 0 Å². The van der Waals surface area contributed by atoms with Crippen LogP contribution in [-0.2, 0) is 6.54 Å². The first-order valence-electron chi connectivity index (χ1n) is 5.22. The van der Waals surface area contributed by atoms with Gasteiger partial charge in [-0.25, -0.2) is 0 Å². The second-order valence-electron chi connectivity index (χ2n) is 4.28. The lowest BCUT2D eigenvalue weighted by Gasteiger charge is -2.28. The highest BCUT2D eigenvalue weighted by Gasteiger charge is 2.18. The van der Waals surface area contributed by atoms with Crippen LogP contribution in [0, 0.1) is 0 Å². The van der Waals surface area contributed by atoms with Crippen molar-refractivity contribution in [3.8, 4) is 0 Å². The largest absolute Gasteiger partial charge is 0.310 e. The summed E-state index contributed by atoms with van der Waals surface area (Å²) >= 11 is 0. The minimum atomic E-state index is 0.608. The molecule has 2 rings (SSSR count). The molecule has 0 radical (unpaired) electrons. The first-order valence-corrected chi connectivity index (χ1v) is 5.22. The summed E-state index contributed by atoms with van der Waals surface area (Å²) in [5.74, 6) is 0. The molecule has 2 heteroatoms. The van der Waals surface area contributed by atoms with Crippen molar-refractivity contribution in [2.24, 2.45) is 0 Å². The van der Waals surface area contributed by atoms with Crippen LogP contribution in [0.15, 0.2) is 24.3 Å². The molecule has 0 saturated carbocycles. The Morgan fingerprint density at radius 3 is 2.79 bits per heavy atom. The summed E-state index contributed by atoms with van der Waals surface area (Å²) in [6, 6.07) is 9.50. The Balaban J connectivity index is 2.09. The highest BCUT2D eigenvalue weighted by atomic mass is 15.0. The Morgan fingerprint density at radius 2 is 2.21 bits per heavy atom. The van der Waals surface area contributed by atoms with Gasteiger partial charge in [-0.2, -0.15) is 0 Å². The Labute approximate surface area is 85.9 Å². The molecule has 14 heavy (non-hydrogen) atoms. The highest BCUT2D eigenvalue weighted by molar-refractivity contribution is 5.27. The molecule has 1 N–H and O–H groups in total. The standard InChI is InChI=1S/C12H18N2/c1-14(2)9-10-4-3-5-11(8-10)12-6-7-13-12/h3-5,8,12-13H,6-7,9H2,1-2H3. The number of rotatable bonds is 3. The average molecular weight is 190 g/mol. The first-order chi connectivity index (χ1) is 6.75. The molecular formula is C12H18N2. The highest BCUT2D eigenvalue weighted by Crippen LogP contribution is 2.23. The van der Waals surface area contributed by atoms with E-state index in [0.29, 0.717) is 6.04 Å². The molecule has 1 aliphatic rings. The van der Waals surface area contributed by atoms with Crippen LogP contribution in [0.4, 0.5) is 0 Å². The maximum absolute atomic E-state index is 3.43. The fraction of sp³-hybridized carbons (Fsp3) is 0.500. The van der Waals surface area contributed by atoms with E-state index in [2.05, 4.69) is 48.6 Å². The van der Waals surface area contributed by atoms with Crippen molar-refractivity contribution in [2.75, 3.05) is 20.6 Å². The summed E-state index contributed by atoms with van der Waals surface area (Å²) in [6.45, 7) is 2.20. The fourth-order valence-electron chi connectivity index (χ4n) is 1.85. The summed E-state index contributed by atoms with van der Waals surface area (Å²) in [4.78, 5) is 2.20. The van der Waals surface area contributed by atoms with Crippen LogP contribution in [0.2, 0.25) is 0 Å². The summed E-state index contributed by atoms with van der Waals surface area (Å²) in [6.07, 6.45) is 1.28. The quantitative estimate of drug-likeness (QED) is 0.781. The van der Waals surface area contributed by atoms with Crippen molar-refractivity contribution in [3.05, 3.63) is 35.4 Å². The van der Waals surface area contributed by atoms with Gasteiger partial charge in [0.25, 0.3) is 0 Å². The van der Waals surface area contributed by atoms with Gasteiger partial charge in [-0.1, -0.05) is 24.3 Å². The Hall–Kier alpha value is -0.860. The predicted octanol–water partition coefficient (Wildman–Crippen LogP) is 1.78. The van der Waals surface area contributed by atoms with Crippen molar-refractivity contribution < 1.29 is 0 Å². The van der Waals surface area contributed by atoms with Gasteiger partial charge in [0.05, 0.1) is 0 Å². The number of hydrogen-bond donors (Lipinski definition) is 1. The van der Waals surface area contributed by atoms with Crippen molar-refractivity contribution >= 4 is 0 Å². The molecule has 0 amide bonds. The minimum absolute atomic E-state index is 0.608. The van der Waals surface area contributed by atoms with Crippen molar-refractivity contribution in [1.29, 1.82) is 0 Å². The minimum Gasteiger partial charge on any atom is -0.310 e. The zero-order chi connectivity index (χ0) is 9.97. The smallest absolute Gasteiger partial charge is 0.0332 e. The molecule has 1 atom stereocenters. The van der Waals surface area contributed by atoms with Gasteiger partial charge < -0.3 is 10.2 Å². The van der Waals surface area contributed by atoms with Gasteiger partial charge in [-0.15, -0.1) is 0 Å². The predicted molar refractivity (Wildman–Crippen MR) is 59.2 cm³/mol. The van der Waals surface area contributed by atoms with E-state index in [1.54, 1.807) is 0 Å². The molecule has 0 aromatic heterocycles. The van der Waals surface area contributed by atoms with Crippen LogP contribution < -0.4 is 5.32 Å². The van der Waals surface area contributed by atoms with Gasteiger partial charge >= 0.3 is 0 Å². The van der Waals surface area contributed by atoms with Crippen LogP contribution >= 0.6 is 0 Å². The molecular weight excluding hydrogens is 172 g/mol. The maximum atomic E-state index is 3.43. The van der Waals surface area contributed by atoms with E-state index in [9.17, 15) is 0 Å². The van der Waals surface area contributed by atoms with Gasteiger partial charge in [0, 0.05) is 12.6 Å². The van der Waals surface area contributed by atoms with E-state index in [-0.39, 0.29) is 0 Å². The second kappa shape index (κ2) is 4.11. The Kier molecular flexibility index (Phi) is 2.85.